The number of benzene rings is 1. The lowest BCUT2D eigenvalue weighted by atomic mass is 10.2. The Balaban J connectivity index is 2.47. The largest absolute Gasteiger partial charge is 0.493 e. The smallest absolute Gasteiger partial charge is 0.123 e. The second kappa shape index (κ2) is 8.89. The second-order valence-corrected chi connectivity index (χ2v) is 3.93. The van der Waals surface area contributed by atoms with Crippen molar-refractivity contribution in [2.75, 3.05) is 26.4 Å². The Morgan fingerprint density at radius 1 is 1.22 bits per heavy atom. The van der Waals surface area contributed by atoms with Crippen LogP contribution in [0.2, 0.25) is 0 Å². The van der Waals surface area contributed by atoms with Gasteiger partial charge in [0.1, 0.15) is 11.6 Å². The molecule has 0 saturated carbocycles. The first-order valence-electron chi connectivity index (χ1n) is 6.47. The molecule has 0 saturated heterocycles. The van der Waals surface area contributed by atoms with Crippen LogP contribution in [0.1, 0.15) is 25.8 Å². The van der Waals surface area contributed by atoms with Crippen LogP contribution in [0.25, 0.3) is 0 Å². The van der Waals surface area contributed by atoms with Crippen molar-refractivity contribution in [1.29, 1.82) is 0 Å². The fourth-order valence-electron chi connectivity index (χ4n) is 1.57. The monoisotopic (exact) mass is 255 g/mol. The summed E-state index contributed by atoms with van der Waals surface area (Å²) >= 11 is 0. The molecule has 0 radical (unpaired) electrons. The maximum Gasteiger partial charge on any atom is 0.123 e. The van der Waals surface area contributed by atoms with Gasteiger partial charge in [-0.2, -0.15) is 0 Å². The molecule has 1 aromatic carbocycles. The van der Waals surface area contributed by atoms with E-state index in [1.54, 1.807) is 6.07 Å². The highest BCUT2D eigenvalue weighted by Crippen LogP contribution is 2.19. The van der Waals surface area contributed by atoms with Crippen LogP contribution in [0, 0.1) is 5.82 Å². The predicted octanol–water partition coefficient (Wildman–Crippen LogP) is 2.74. The molecular formula is C14H22FNO2. The van der Waals surface area contributed by atoms with Gasteiger partial charge in [-0.05, 0) is 31.7 Å². The first-order valence-corrected chi connectivity index (χ1v) is 6.47. The summed E-state index contributed by atoms with van der Waals surface area (Å²) in [6.07, 6.45) is 0.839. The third kappa shape index (κ3) is 5.47. The summed E-state index contributed by atoms with van der Waals surface area (Å²) in [6.45, 7) is 7.46. The number of halogens is 1. The molecule has 0 spiro atoms. The molecule has 102 valence electrons. The molecule has 18 heavy (non-hydrogen) atoms. The predicted molar refractivity (Wildman–Crippen MR) is 70.4 cm³/mol. The van der Waals surface area contributed by atoms with Gasteiger partial charge in [-0.1, -0.05) is 6.92 Å². The van der Waals surface area contributed by atoms with E-state index in [-0.39, 0.29) is 5.82 Å². The summed E-state index contributed by atoms with van der Waals surface area (Å²) in [6, 6.07) is 4.62. The van der Waals surface area contributed by atoms with E-state index in [4.69, 9.17) is 9.47 Å². The number of hydrogen-bond acceptors (Lipinski definition) is 3. The van der Waals surface area contributed by atoms with Gasteiger partial charge in [0, 0.05) is 31.7 Å². The summed E-state index contributed by atoms with van der Waals surface area (Å²) in [5.74, 6) is 0.512. The summed E-state index contributed by atoms with van der Waals surface area (Å²) < 4.78 is 24.0. The quantitative estimate of drug-likeness (QED) is 0.688. The third-order valence-corrected chi connectivity index (χ3v) is 2.48. The highest BCUT2D eigenvalue weighted by Gasteiger charge is 2.05. The van der Waals surface area contributed by atoms with Gasteiger partial charge in [-0.25, -0.2) is 4.39 Å². The first-order chi connectivity index (χ1) is 8.77. The minimum Gasteiger partial charge on any atom is -0.493 e. The summed E-state index contributed by atoms with van der Waals surface area (Å²) in [4.78, 5) is 0. The number of nitrogens with one attached hydrogen (secondary N) is 1. The Labute approximate surface area is 108 Å². The van der Waals surface area contributed by atoms with Crippen molar-refractivity contribution in [1.82, 2.24) is 5.32 Å². The number of hydrogen-bond donors (Lipinski definition) is 1. The van der Waals surface area contributed by atoms with E-state index in [1.807, 2.05) is 13.8 Å². The molecule has 1 aromatic rings. The van der Waals surface area contributed by atoms with E-state index in [1.165, 1.54) is 12.1 Å². The Morgan fingerprint density at radius 2 is 2.06 bits per heavy atom. The minimum atomic E-state index is -0.232. The molecule has 1 rings (SSSR count). The van der Waals surface area contributed by atoms with Crippen LogP contribution >= 0.6 is 0 Å². The molecule has 4 heteroatoms. The number of rotatable bonds is 9. The van der Waals surface area contributed by atoms with Crippen molar-refractivity contribution in [3.63, 3.8) is 0 Å². The van der Waals surface area contributed by atoms with Crippen LogP contribution in [0.5, 0.6) is 5.75 Å². The molecule has 0 bridgehead atoms. The van der Waals surface area contributed by atoms with E-state index in [0.717, 1.165) is 30.9 Å². The molecule has 0 unspecified atom stereocenters. The normalized spacial score (nSPS) is 10.6. The van der Waals surface area contributed by atoms with E-state index in [9.17, 15) is 4.39 Å². The first kappa shape index (κ1) is 14.9. The van der Waals surface area contributed by atoms with Gasteiger partial charge in [0.25, 0.3) is 0 Å². The molecule has 3 nitrogen and oxygen atoms in total. The van der Waals surface area contributed by atoms with Crippen LogP contribution < -0.4 is 10.1 Å². The number of ether oxygens (including phenoxy) is 2. The molecule has 1 N–H and O–H groups in total. The maximum absolute atomic E-state index is 13.2. The zero-order valence-corrected chi connectivity index (χ0v) is 11.2. The van der Waals surface area contributed by atoms with E-state index in [2.05, 4.69) is 5.32 Å². The molecule has 0 fully saturated rings. The summed E-state index contributed by atoms with van der Waals surface area (Å²) in [5, 5.41) is 3.17. The summed E-state index contributed by atoms with van der Waals surface area (Å²) in [7, 11) is 0. The molecule has 0 amide bonds. The minimum absolute atomic E-state index is 0.232. The van der Waals surface area contributed by atoms with Gasteiger partial charge < -0.3 is 14.8 Å². The second-order valence-electron chi connectivity index (χ2n) is 3.93. The highest BCUT2D eigenvalue weighted by molar-refractivity contribution is 5.33. The zero-order valence-electron chi connectivity index (χ0n) is 11.2. The van der Waals surface area contributed by atoms with E-state index >= 15 is 0 Å². The third-order valence-electron chi connectivity index (χ3n) is 2.48. The fraction of sp³-hybridized carbons (Fsp3) is 0.571. The lowest BCUT2D eigenvalue weighted by molar-refractivity contribution is 0.130. The molecule has 0 aromatic heterocycles. The Bertz CT molecular complexity index is 345. The van der Waals surface area contributed by atoms with Crippen molar-refractivity contribution < 1.29 is 13.9 Å². The molecule has 0 atom stereocenters. The molecule has 0 aliphatic carbocycles. The fourth-order valence-corrected chi connectivity index (χ4v) is 1.57. The van der Waals surface area contributed by atoms with Gasteiger partial charge in [0.2, 0.25) is 0 Å². The van der Waals surface area contributed by atoms with Gasteiger partial charge in [0.05, 0.1) is 6.61 Å². The van der Waals surface area contributed by atoms with E-state index in [0.29, 0.717) is 19.8 Å². The molecule has 0 aliphatic rings. The SMILES string of the molecule is CCNCc1cc(F)ccc1OCCCOCC. The van der Waals surface area contributed by atoms with Gasteiger partial charge in [-0.3, -0.25) is 0 Å². The molecular weight excluding hydrogens is 233 g/mol. The van der Waals surface area contributed by atoms with Crippen molar-refractivity contribution >= 4 is 0 Å². The van der Waals surface area contributed by atoms with Gasteiger partial charge in [-0.15, -0.1) is 0 Å². The average Bonchev–Trinajstić information content (AvgIpc) is 2.38. The standard InChI is InChI=1S/C14H22FNO2/c1-3-16-11-12-10-13(15)6-7-14(12)18-9-5-8-17-4-2/h6-7,10,16H,3-5,8-9,11H2,1-2H3. The van der Waals surface area contributed by atoms with Crippen molar-refractivity contribution in [2.45, 2.75) is 26.8 Å². The van der Waals surface area contributed by atoms with Crippen LogP contribution in [-0.2, 0) is 11.3 Å². The van der Waals surface area contributed by atoms with Crippen molar-refractivity contribution in [3.8, 4) is 5.75 Å². The van der Waals surface area contributed by atoms with Gasteiger partial charge in [0.15, 0.2) is 0 Å². The molecule has 0 heterocycles. The van der Waals surface area contributed by atoms with Crippen LogP contribution in [-0.4, -0.2) is 26.4 Å². The topological polar surface area (TPSA) is 30.5 Å². The molecule has 0 aliphatic heterocycles. The summed E-state index contributed by atoms with van der Waals surface area (Å²) in [5.41, 5.74) is 0.855. The highest BCUT2D eigenvalue weighted by atomic mass is 19.1. The Hall–Kier alpha value is -1.13. The average molecular weight is 255 g/mol. The Kier molecular flexibility index (Phi) is 7.37. The van der Waals surface area contributed by atoms with Gasteiger partial charge >= 0.3 is 0 Å². The van der Waals surface area contributed by atoms with Crippen molar-refractivity contribution in [3.05, 3.63) is 29.6 Å². The Morgan fingerprint density at radius 3 is 2.78 bits per heavy atom. The van der Waals surface area contributed by atoms with Crippen LogP contribution in [0.15, 0.2) is 18.2 Å². The van der Waals surface area contributed by atoms with Crippen LogP contribution in [0.4, 0.5) is 4.39 Å². The zero-order chi connectivity index (χ0) is 13.2. The maximum atomic E-state index is 13.2. The lowest BCUT2D eigenvalue weighted by Crippen LogP contribution is -2.13. The van der Waals surface area contributed by atoms with Crippen molar-refractivity contribution in [2.24, 2.45) is 0 Å². The van der Waals surface area contributed by atoms with Crippen LogP contribution in [0.3, 0.4) is 0 Å². The van der Waals surface area contributed by atoms with E-state index < -0.39 is 0 Å². The lowest BCUT2D eigenvalue weighted by Gasteiger charge is -2.12.